The van der Waals surface area contributed by atoms with Gasteiger partial charge in [0.25, 0.3) is 0 Å². The highest BCUT2D eigenvalue weighted by Crippen LogP contribution is 2.32. The quantitative estimate of drug-likeness (QED) is 0.730. The van der Waals surface area contributed by atoms with Crippen molar-refractivity contribution in [3.8, 4) is 11.5 Å². The molecule has 0 saturated heterocycles. The maximum absolute atomic E-state index is 11.3. The van der Waals surface area contributed by atoms with Gasteiger partial charge in [-0.15, -0.1) is 0 Å². The van der Waals surface area contributed by atoms with Crippen LogP contribution in [0, 0.1) is 0 Å². The monoisotopic (exact) mass is 266 g/mol. The van der Waals surface area contributed by atoms with E-state index in [2.05, 4.69) is 10.6 Å². The Morgan fingerprint density at radius 3 is 2.95 bits per heavy atom. The van der Waals surface area contributed by atoms with Gasteiger partial charge < -0.3 is 25.2 Å². The van der Waals surface area contributed by atoms with Crippen LogP contribution in [0.5, 0.6) is 11.5 Å². The Labute approximate surface area is 111 Å². The summed E-state index contributed by atoms with van der Waals surface area (Å²) in [5.41, 5.74) is 1.07. The Balaban J connectivity index is 1.72. The molecular formula is C13H18N2O4. The molecule has 0 bridgehead atoms. The largest absolute Gasteiger partial charge is 0.454 e. The molecule has 0 fully saturated rings. The molecule has 1 unspecified atom stereocenters. The normalized spacial score (nSPS) is 14.0. The Bertz CT molecular complexity index is 448. The minimum Gasteiger partial charge on any atom is -0.454 e. The maximum Gasteiger partial charge on any atom is 0.314 e. The van der Waals surface area contributed by atoms with Crippen molar-refractivity contribution in [2.75, 3.05) is 19.9 Å². The SMILES string of the molecule is CC(O)CNC(=O)NCCc1ccc2c(c1)OCO2. The maximum atomic E-state index is 11.3. The number of nitrogens with one attached hydrogen (secondary N) is 2. The first-order chi connectivity index (χ1) is 9.15. The first kappa shape index (κ1) is 13.5. The van der Waals surface area contributed by atoms with Crippen molar-refractivity contribution in [3.63, 3.8) is 0 Å². The predicted molar refractivity (Wildman–Crippen MR) is 69.4 cm³/mol. The van der Waals surface area contributed by atoms with E-state index in [1.165, 1.54) is 0 Å². The van der Waals surface area contributed by atoms with Gasteiger partial charge in [-0.25, -0.2) is 4.79 Å². The number of aliphatic hydroxyl groups is 1. The molecular weight excluding hydrogens is 248 g/mol. The number of amides is 2. The molecule has 0 spiro atoms. The van der Waals surface area contributed by atoms with E-state index in [9.17, 15) is 4.79 Å². The molecule has 3 N–H and O–H groups in total. The van der Waals surface area contributed by atoms with Crippen LogP contribution in [0.1, 0.15) is 12.5 Å². The molecule has 1 atom stereocenters. The predicted octanol–water partition coefficient (Wildman–Crippen LogP) is 0.638. The van der Waals surface area contributed by atoms with Crippen LogP contribution in [0.15, 0.2) is 18.2 Å². The van der Waals surface area contributed by atoms with E-state index in [1.807, 2.05) is 18.2 Å². The second kappa shape index (κ2) is 6.29. The fourth-order valence-corrected chi connectivity index (χ4v) is 1.72. The van der Waals surface area contributed by atoms with Gasteiger partial charge >= 0.3 is 6.03 Å². The summed E-state index contributed by atoms with van der Waals surface area (Å²) in [5, 5.41) is 14.3. The summed E-state index contributed by atoms with van der Waals surface area (Å²) in [6.45, 7) is 2.65. The van der Waals surface area contributed by atoms with Crippen molar-refractivity contribution in [2.24, 2.45) is 0 Å². The average molecular weight is 266 g/mol. The van der Waals surface area contributed by atoms with Crippen LogP contribution in [0.2, 0.25) is 0 Å². The molecule has 0 aromatic heterocycles. The third kappa shape index (κ3) is 4.03. The fourth-order valence-electron chi connectivity index (χ4n) is 1.72. The minimum absolute atomic E-state index is 0.246. The lowest BCUT2D eigenvalue weighted by Crippen LogP contribution is -2.39. The lowest BCUT2D eigenvalue weighted by Gasteiger charge is -2.09. The van der Waals surface area contributed by atoms with Gasteiger partial charge in [0.2, 0.25) is 6.79 Å². The third-order valence-electron chi connectivity index (χ3n) is 2.69. The van der Waals surface area contributed by atoms with E-state index in [4.69, 9.17) is 14.6 Å². The van der Waals surface area contributed by atoms with E-state index < -0.39 is 6.10 Å². The molecule has 6 heteroatoms. The second-order valence-electron chi connectivity index (χ2n) is 4.42. The minimum atomic E-state index is -0.542. The number of hydrogen-bond acceptors (Lipinski definition) is 4. The molecule has 1 aliphatic rings. The van der Waals surface area contributed by atoms with Gasteiger partial charge in [0, 0.05) is 13.1 Å². The van der Waals surface area contributed by atoms with Gasteiger partial charge in [0.1, 0.15) is 0 Å². The van der Waals surface area contributed by atoms with Crippen molar-refractivity contribution in [1.29, 1.82) is 0 Å². The molecule has 1 aliphatic heterocycles. The summed E-state index contributed by atoms with van der Waals surface area (Å²) in [6, 6.07) is 5.45. The summed E-state index contributed by atoms with van der Waals surface area (Å²) in [7, 11) is 0. The lowest BCUT2D eigenvalue weighted by atomic mass is 10.1. The fraction of sp³-hybridized carbons (Fsp3) is 0.462. The molecule has 1 heterocycles. The average Bonchev–Trinajstić information content (AvgIpc) is 2.83. The molecule has 2 rings (SSSR count). The van der Waals surface area contributed by atoms with E-state index in [0.29, 0.717) is 13.0 Å². The first-order valence-electron chi connectivity index (χ1n) is 6.23. The zero-order chi connectivity index (χ0) is 13.7. The summed E-state index contributed by atoms with van der Waals surface area (Å²) in [6.07, 6.45) is 0.165. The van der Waals surface area contributed by atoms with Gasteiger partial charge in [-0.05, 0) is 31.0 Å². The van der Waals surface area contributed by atoms with Gasteiger partial charge in [-0.3, -0.25) is 0 Å². The van der Waals surface area contributed by atoms with Gasteiger partial charge in [0.15, 0.2) is 11.5 Å². The number of urea groups is 1. The van der Waals surface area contributed by atoms with Crippen molar-refractivity contribution >= 4 is 6.03 Å². The number of carbonyl (C=O) groups is 1. The van der Waals surface area contributed by atoms with Crippen LogP contribution in [-0.2, 0) is 6.42 Å². The number of aliphatic hydroxyl groups excluding tert-OH is 1. The van der Waals surface area contributed by atoms with Crippen molar-refractivity contribution in [2.45, 2.75) is 19.4 Å². The highest BCUT2D eigenvalue weighted by molar-refractivity contribution is 5.73. The molecule has 0 radical (unpaired) electrons. The van der Waals surface area contributed by atoms with E-state index in [1.54, 1.807) is 6.92 Å². The van der Waals surface area contributed by atoms with Crippen LogP contribution in [0.3, 0.4) is 0 Å². The number of rotatable bonds is 5. The molecule has 6 nitrogen and oxygen atoms in total. The van der Waals surface area contributed by atoms with Gasteiger partial charge in [0.05, 0.1) is 6.10 Å². The third-order valence-corrected chi connectivity index (χ3v) is 2.69. The second-order valence-corrected chi connectivity index (χ2v) is 4.42. The summed E-state index contributed by atoms with van der Waals surface area (Å²) < 4.78 is 10.5. The molecule has 1 aromatic rings. The molecule has 2 amide bonds. The summed E-state index contributed by atoms with van der Waals surface area (Å²) >= 11 is 0. The smallest absolute Gasteiger partial charge is 0.314 e. The van der Waals surface area contributed by atoms with Crippen LogP contribution >= 0.6 is 0 Å². The standard InChI is InChI=1S/C13H18N2O4/c1-9(16)7-15-13(17)14-5-4-10-2-3-11-12(6-10)19-8-18-11/h2-3,6,9,16H,4-5,7-8H2,1H3,(H2,14,15,17). The summed E-state index contributed by atoms with van der Waals surface area (Å²) in [5.74, 6) is 1.50. The van der Waals surface area contributed by atoms with E-state index in [0.717, 1.165) is 17.1 Å². The number of carbonyl (C=O) groups excluding carboxylic acids is 1. The lowest BCUT2D eigenvalue weighted by molar-refractivity contribution is 0.174. The van der Waals surface area contributed by atoms with Crippen LogP contribution < -0.4 is 20.1 Å². The van der Waals surface area contributed by atoms with Crippen molar-refractivity contribution < 1.29 is 19.4 Å². The number of hydrogen-bond donors (Lipinski definition) is 3. The highest BCUT2D eigenvalue weighted by Gasteiger charge is 2.13. The molecule has 104 valence electrons. The van der Waals surface area contributed by atoms with Crippen LogP contribution in [0.25, 0.3) is 0 Å². The van der Waals surface area contributed by atoms with E-state index >= 15 is 0 Å². The molecule has 0 saturated carbocycles. The van der Waals surface area contributed by atoms with Crippen molar-refractivity contribution in [1.82, 2.24) is 10.6 Å². The Hall–Kier alpha value is -1.95. The molecule has 19 heavy (non-hydrogen) atoms. The molecule has 0 aliphatic carbocycles. The van der Waals surface area contributed by atoms with E-state index in [-0.39, 0.29) is 19.4 Å². The summed E-state index contributed by atoms with van der Waals surface area (Å²) in [4.78, 5) is 11.3. The topological polar surface area (TPSA) is 79.8 Å². The first-order valence-corrected chi connectivity index (χ1v) is 6.23. The highest BCUT2D eigenvalue weighted by atomic mass is 16.7. The van der Waals surface area contributed by atoms with Gasteiger partial charge in [-0.1, -0.05) is 6.07 Å². The number of benzene rings is 1. The van der Waals surface area contributed by atoms with Crippen LogP contribution in [-0.4, -0.2) is 37.1 Å². The molecule has 1 aromatic carbocycles. The van der Waals surface area contributed by atoms with Crippen molar-refractivity contribution in [3.05, 3.63) is 23.8 Å². The Morgan fingerprint density at radius 2 is 2.16 bits per heavy atom. The number of ether oxygens (including phenoxy) is 2. The zero-order valence-electron chi connectivity index (χ0n) is 10.8. The van der Waals surface area contributed by atoms with Gasteiger partial charge in [-0.2, -0.15) is 0 Å². The Kier molecular flexibility index (Phi) is 4.46. The Morgan fingerprint density at radius 1 is 1.37 bits per heavy atom. The van der Waals surface area contributed by atoms with Crippen LogP contribution in [0.4, 0.5) is 4.79 Å². The zero-order valence-corrected chi connectivity index (χ0v) is 10.8. The number of fused-ring (bicyclic) bond motifs is 1.